The van der Waals surface area contributed by atoms with Gasteiger partial charge in [0.2, 0.25) is 0 Å². The predicted molar refractivity (Wildman–Crippen MR) is 82.5 cm³/mol. The molecule has 0 aliphatic heterocycles. The van der Waals surface area contributed by atoms with E-state index in [0.29, 0.717) is 0 Å². The van der Waals surface area contributed by atoms with Crippen LogP contribution in [0.3, 0.4) is 0 Å². The van der Waals surface area contributed by atoms with Gasteiger partial charge < -0.3 is 5.32 Å². The number of aromatic nitrogens is 1. The molecule has 0 radical (unpaired) electrons. The van der Waals surface area contributed by atoms with E-state index in [0.717, 1.165) is 31.9 Å². The van der Waals surface area contributed by atoms with Gasteiger partial charge in [-0.2, -0.15) is 0 Å². The molecular formula is C15H21N3S. The molecule has 0 saturated carbocycles. The minimum Gasteiger partial charge on any atom is -0.370 e. The van der Waals surface area contributed by atoms with Crippen molar-refractivity contribution in [1.82, 2.24) is 9.88 Å². The number of nitrogens with one attached hydrogen (secondary N) is 1. The van der Waals surface area contributed by atoms with E-state index in [9.17, 15) is 0 Å². The molecule has 2 rings (SSSR count). The average Bonchev–Trinajstić information content (AvgIpc) is 2.90. The zero-order valence-corrected chi connectivity index (χ0v) is 12.4. The van der Waals surface area contributed by atoms with Gasteiger partial charge >= 0.3 is 0 Å². The highest BCUT2D eigenvalue weighted by molar-refractivity contribution is 7.09. The van der Waals surface area contributed by atoms with E-state index in [4.69, 9.17) is 0 Å². The van der Waals surface area contributed by atoms with Gasteiger partial charge in [0.05, 0.1) is 0 Å². The van der Waals surface area contributed by atoms with E-state index in [1.165, 1.54) is 10.4 Å². The number of pyridine rings is 1. The van der Waals surface area contributed by atoms with Gasteiger partial charge in [0.25, 0.3) is 0 Å². The minimum absolute atomic E-state index is 0.914. The topological polar surface area (TPSA) is 28.2 Å². The summed E-state index contributed by atoms with van der Waals surface area (Å²) in [6.45, 7) is 5.04. The number of anilines is 1. The summed E-state index contributed by atoms with van der Waals surface area (Å²) in [5, 5.41) is 5.52. The predicted octanol–water partition coefficient (Wildman–Crippen LogP) is 3.60. The molecule has 0 spiro atoms. The first-order valence-corrected chi connectivity index (χ1v) is 7.56. The Bertz CT molecular complexity index is 482. The maximum atomic E-state index is 4.43. The van der Waals surface area contributed by atoms with Crippen molar-refractivity contribution in [2.75, 3.05) is 18.9 Å². The Balaban J connectivity index is 1.97. The van der Waals surface area contributed by atoms with Crippen LogP contribution < -0.4 is 5.32 Å². The van der Waals surface area contributed by atoms with Crippen molar-refractivity contribution in [2.45, 2.75) is 26.4 Å². The Hall–Kier alpha value is -1.39. The van der Waals surface area contributed by atoms with Crippen LogP contribution in [-0.2, 0) is 13.1 Å². The second kappa shape index (κ2) is 7.26. The summed E-state index contributed by atoms with van der Waals surface area (Å²) in [7, 11) is 2.15. The van der Waals surface area contributed by atoms with Gasteiger partial charge in [-0.3, -0.25) is 4.90 Å². The Labute approximate surface area is 119 Å². The van der Waals surface area contributed by atoms with Crippen molar-refractivity contribution in [2.24, 2.45) is 0 Å². The van der Waals surface area contributed by atoms with Crippen LogP contribution in [0.15, 0.2) is 35.8 Å². The fraction of sp³-hybridized carbons (Fsp3) is 0.400. The largest absolute Gasteiger partial charge is 0.370 e. The lowest BCUT2D eigenvalue weighted by atomic mass is 10.2. The summed E-state index contributed by atoms with van der Waals surface area (Å²) in [5.41, 5.74) is 1.26. The molecule has 0 aliphatic carbocycles. The lowest BCUT2D eigenvalue weighted by Gasteiger charge is -2.18. The van der Waals surface area contributed by atoms with E-state index in [-0.39, 0.29) is 0 Å². The van der Waals surface area contributed by atoms with Crippen LogP contribution in [0.2, 0.25) is 0 Å². The van der Waals surface area contributed by atoms with E-state index >= 15 is 0 Å². The zero-order chi connectivity index (χ0) is 13.5. The summed E-state index contributed by atoms with van der Waals surface area (Å²) in [6.07, 6.45) is 2.96. The third kappa shape index (κ3) is 4.33. The molecule has 0 amide bonds. The summed E-state index contributed by atoms with van der Waals surface area (Å²) in [5.74, 6) is 1.02. The molecule has 4 heteroatoms. The fourth-order valence-electron chi connectivity index (χ4n) is 1.98. The molecule has 2 heterocycles. The molecule has 0 aliphatic rings. The fourth-order valence-corrected chi connectivity index (χ4v) is 2.77. The van der Waals surface area contributed by atoms with E-state index in [1.807, 2.05) is 12.3 Å². The van der Waals surface area contributed by atoms with Gasteiger partial charge in [0, 0.05) is 36.3 Å². The molecular weight excluding hydrogens is 254 g/mol. The van der Waals surface area contributed by atoms with Crippen LogP contribution in [0.1, 0.15) is 23.8 Å². The molecule has 0 saturated heterocycles. The number of nitrogens with zero attached hydrogens (tertiary/aromatic N) is 2. The highest BCUT2D eigenvalue weighted by Crippen LogP contribution is 2.16. The molecule has 19 heavy (non-hydrogen) atoms. The van der Waals surface area contributed by atoms with Crippen molar-refractivity contribution < 1.29 is 0 Å². The van der Waals surface area contributed by atoms with Gasteiger partial charge in [-0.15, -0.1) is 11.3 Å². The Morgan fingerprint density at radius 1 is 1.26 bits per heavy atom. The van der Waals surface area contributed by atoms with Crippen LogP contribution >= 0.6 is 11.3 Å². The Morgan fingerprint density at radius 2 is 2.16 bits per heavy atom. The van der Waals surface area contributed by atoms with Crippen LogP contribution in [0, 0.1) is 0 Å². The monoisotopic (exact) mass is 275 g/mol. The average molecular weight is 275 g/mol. The van der Waals surface area contributed by atoms with Gasteiger partial charge in [-0.05, 0) is 31.0 Å². The van der Waals surface area contributed by atoms with E-state index < -0.39 is 0 Å². The van der Waals surface area contributed by atoms with Crippen LogP contribution in [0.25, 0.3) is 0 Å². The molecule has 0 unspecified atom stereocenters. The zero-order valence-electron chi connectivity index (χ0n) is 11.6. The van der Waals surface area contributed by atoms with Gasteiger partial charge in [-0.25, -0.2) is 4.98 Å². The Morgan fingerprint density at radius 3 is 2.89 bits per heavy atom. The summed E-state index contributed by atoms with van der Waals surface area (Å²) < 4.78 is 0. The summed E-state index contributed by atoms with van der Waals surface area (Å²) in [4.78, 5) is 8.15. The maximum Gasteiger partial charge on any atom is 0.130 e. The normalized spacial score (nSPS) is 10.9. The second-order valence-electron chi connectivity index (χ2n) is 4.69. The number of rotatable bonds is 7. The molecule has 102 valence electrons. The molecule has 0 aromatic carbocycles. The van der Waals surface area contributed by atoms with Crippen molar-refractivity contribution in [1.29, 1.82) is 0 Å². The van der Waals surface area contributed by atoms with Gasteiger partial charge in [0.1, 0.15) is 5.82 Å². The lowest BCUT2D eigenvalue weighted by molar-refractivity contribution is 0.322. The molecule has 2 aromatic rings. The highest BCUT2D eigenvalue weighted by atomic mass is 32.1. The van der Waals surface area contributed by atoms with Crippen LogP contribution in [0.5, 0.6) is 0 Å². The first kappa shape index (κ1) is 14.0. The third-order valence-electron chi connectivity index (χ3n) is 2.88. The maximum absolute atomic E-state index is 4.43. The summed E-state index contributed by atoms with van der Waals surface area (Å²) in [6, 6.07) is 8.44. The van der Waals surface area contributed by atoms with Crippen molar-refractivity contribution in [3.63, 3.8) is 0 Å². The first-order valence-electron chi connectivity index (χ1n) is 6.68. The molecule has 0 fully saturated rings. The number of hydrogen-bond acceptors (Lipinski definition) is 4. The van der Waals surface area contributed by atoms with Crippen LogP contribution in [0.4, 0.5) is 5.82 Å². The van der Waals surface area contributed by atoms with E-state index in [2.05, 4.69) is 52.8 Å². The van der Waals surface area contributed by atoms with Crippen LogP contribution in [-0.4, -0.2) is 23.5 Å². The van der Waals surface area contributed by atoms with Gasteiger partial charge in [0.15, 0.2) is 0 Å². The molecule has 1 N–H and O–H groups in total. The SMILES string of the molecule is CCCNc1ncccc1CN(C)Cc1cccs1. The van der Waals surface area contributed by atoms with Crippen molar-refractivity contribution in [3.8, 4) is 0 Å². The molecule has 0 atom stereocenters. The molecule has 2 aromatic heterocycles. The molecule has 3 nitrogen and oxygen atoms in total. The smallest absolute Gasteiger partial charge is 0.130 e. The quantitative estimate of drug-likeness (QED) is 0.837. The third-order valence-corrected chi connectivity index (χ3v) is 3.74. The molecule has 0 bridgehead atoms. The van der Waals surface area contributed by atoms with Gasteiger partial charge in [-0.1, -0.05) is 19.1 Å². The summed E-state index contributed by atoms with van der Waals surface area (Å²) >= 11 is 1.81. The highest BCUT2D eigenvalue weighted by Gasteiger charge is 2.07. The second-order valence-corrected chi connectivity index (χ2v) is 5.72. The van der Waals surface area contributed by atoms with E-state index in [1.54, 1.807) is 11.3 Å². The Kier molecular flexibility index (Phi) is 5.36. The first-order chi connectivity index (χ1) is 9.29. The number of hydrogen-bond donors (Lipinski definition) is 1. The van der Waals surface area contributed by atoms with Crippen molar-refractivity contribution >= 4 is 17.2 Å². The minimum atomic E-state index is 0.914. The number of thiophene rings is 1. The standard InChI is InChI=1S/C15H21N3S/c1-3-8-16-15-13(6-4-9-17-15)11-18(2)12-14-7-5-10-19-14/h4-7,9-10H,3,8,11-12H2,1-2H3,(H,16,17). The lowest BCUT2D eigenvalue weighted by Crippen LogP contribution is -2.18. The van der Waals surface area contributed by atoms with Crippen molar-refractivity contribution in [3.05, 3.63) is 46.3 Å².